The highest BCUT2D eigenvalue weighted by molar-refractivity contribution is 4.75. The smallest absolute Gasteiger partial charge is 0.0220 e. The fourth-order valence-electron chi connectivity index (χ4n) is 2.05. The van der Waals surface area contributed by atoms with Crippen LogP contribution >= 0.6 is 0 Å². The summed E-state index contributed by atoms with van der Waals surface area (Å²) in [6.45, 7) is 4.26. The van der Waals surface area contributed by atoms with Crippen LogP contribution in [0.3, 0.4) is 0 Å². The molecule has 0 aromatic rings. The van der Waals surface area contributed by atoms with Crippen molar-refractivity contribution < 1.29 is 0 Å². The van der Waals surface area contributed by atoms with Crippen molar-refractivity contribution in [3.8, 4) is 0 Å². The van der Waals surface area contributed by atoms with Gasteiger partial charge in [-0.25, -0.2) is 0 Å². The van der Waals surface area contributed by atoms with Gasteiger partial charge >= 0.3 is 0 Å². The van der Waals surface area contributed by atoms with Gasteiger partial charge in [-0.2, -0.15) is 0 Å². The van der Waals surface area contributed by atoms with Crippen molar-refractivity contribution in [1.82, 2.24) is 9.80 Å². The van der Waals surface area contributed by atoms with Gasteiger partial charge in [0.25, 0.3) is 0 Å². The van der Waals surface area contributed by atoms with E-state index in [4.69, 9.17) is 5.73 Å². The van der Waals surface area contributed by atoms with Crippen LogP contribution < -0.4 is 5.73 Å². The molecule has 0 aromatic heterocycles. The minimum absolute atomic E-state index is 0.719. The Kier molecular flexibility index (Phi) is 4.70. The Morgan fingerprint density at radius 1 is 1.46 bits per heavy atom. The Balaban J connectivity index is 2.37. The molecule has 0 aliphatic carbocycles. The van der Waals surface area contributed by atoms with Crippen molar-refractivity contribution in [3.63, 3.8) is 0 Å². The Labute approximate surface area is 81.9 Å². The molecule has 0 saturated carbocycles. The standard InChI is InChI=1S/C10H23N3/c1-12-7-4-3-5-10(9-12)13(2)8-6-11/h10H,3-9,11H2,1-2H3. The molecule has 0 aromatic carbocycles. The van der Waals surface area contributed by atoms with Crippen LogP contribution in [0.15, 0.2) is 0 Å². The Morgan fingerprint density at radius 2 is 2.23 bits per heavy atom. The van der Waals surface area contributed by atoms with Crippen molar-refractivity contribution in [1.29, 1.82) is 0 Å². The van der Waals surface area contributed by atoms with E-state index >= 15 is 0 Å². The molecule has 1 aliphatic heterocycles. The molecule has 1 saturated heterocycles. The van der Waals surface area contributed by atoms with Gasteiger partial charge in [-0.15, -0.1) is 0 Å². The predicted molar refractivity (Wildman–Crippen MR) is 56.8 cm³/mol. The third kappa shape index (κ3) is 3.63. The van der Waals surface area contributed by atoms with E-state index in [-0.39, 0.29) is 0 Å². The molecule has 0 spiro atoms. The molecular formula is C10H23N3. The van der Waals surface area contributed by atoms with E-state index in [0.717, 1.165) is 19.1 Å². The van der Waals surface area contributed by atoms with Crippen LogP contribution in [0.2, 0.25) is 0 Å². The van der Waals surface area contributed by atoms with Crippen molar-refractivity contribution in [2.45, 2.75) is 25.3 Å². The van der Waals surface area contributed by atoms with E-state index in [2.05, 4.69) is 23.9 Å². The fraction of sp³-hybridized carbons (Fsp3) is 1.00. The number of rotatable bonds is 3. The highest BCUT2D eigenvalue weighted by Crippen LogP contribution is 2.13. The Hall–Kier alpha value is -0.120. The van der Waals surface area contributed by atoms with E-state index in [0.29, 0.717) is 0 Å². The topological polar surface area (TPSA) is 32.5 Å². The number of likely N-dealkylation sites (tertiary alicyclic amines) is 1. The SMILES string of the molecule is CN1CCCCC(N(C)CCN)C1. The van der Waals surface area contributed by atoms with Gasteiger partial charge in [-0.1, -0.05) is 6.42 Å². The molecule has 1 heterocycles. The first-order valence-corrected chi connectivity index (χ1v) is 5.33. The molecule has 1 unspecified atom stereocenters. The average molecular weight is 185 g/mol. The van der Waals surface area contributed by atoms with Crippen molar-refractivity contribution in [3.05, 3.63) is 0 Å². The monoisotopic (exact) mass is 185 g/mol. The fourth-order valence-corrected chi connectivity index (χ4v) is 2.05. The molecule has 1 fully saturated rings. The minimum atomic E-state index is 0.719. The van der Waals surface area contributed by atoms with Crippen molar-refractivity contribution >= 4 is 0 Å². The van der Waals surface area contributed by atoms with Crippen LogP contribution in [0.25, 0.3) is 0 Å². The normalized spacial score (nSPS) is 26.3. The summed E-state index contributed by atoms with van der Waals surface area (Å²) in [5.41, 5.74) is 5.55. The number of hydrogen-bond donors (Lipinski definition) is 1. The lowest BCUT2D eigenvalue weighted by Gasteiger charge is -2.28. The lowest BCUT2D eigenvalue weighted by atomic mass is 10.1. The molecular weight excluding hydrogens is 162 g/mol. The lowest BCUT2D eigenvalue weighted by molar-refractivity contribution is 0.193. The highest BCUT2D eigenvalue weighted by Gasteiger charge is 2.18. The number of hydrogen-bond acceptors (Lipinski definition) is 3. The van der Waals surface area contributed by atoms with Crippen LogP contribution in [0, 0.1) is 0 Å². The second kappa shape index (κ2) is 5.58. The highest BCUT2D eigenvalue weighted by atomic mass is 15.2. The molecule has 0 bridgehead atoms. The van der Waals surface area contributed by atoms with Crippen molar-refractivity contribution in [2.24, 2.45) is 5.73 Å². The third-order valence-electron chi connectivity index (χ3n) is 2.95. The summed E-state index contributed by atoms with van der Waals surface area (Å²) in [5, 5.41) is 0. The predicted octanol–water partition coefficient (Wildman–Crippen LogP) is 0.361. The maximum absolute atomic E-state index is 5.55. The molecule has 3 heteroatoms. The van der Waals surface area contributed by atoms with E-state index in [9.17, 15) is 0 Å². The first-order chi connectivity index (χ1) is 6.24. The molecule has 3 nitrogen and oxygen atoms in total. The summed E-state index contributed by atoms with van der Waals surface area (Å²) in [4.78, 5) is 4.84. The van der Waals surface area contributed by atoms with E-state index in [1.165, 1.54) is 32.4 Å². The first kappa shape index (κ1) is 11.0. The summed E-state index contributed by atoms with van der Waals surface area (Å²) < 4.78 is 0. The molecule has 1 atom stereocenters. The van der Waals surface area contributed by atoms with E-state index in [1.807, 2.05) is 0 Å². The number of nitrogens with two attached hydrogens (primary N) is 1. The average Bonchev–Trinajstić information content (AvgIpc) is 2.30. The summed E-state index contributed by atoms with van der Waals surface area (Å²) in [6.07, 6.45) is 4.05. The zero-order chi connectivity index (χ0) is 9.68. The largest absolute Gasteiger partial charge is 0.329 e. The third-order valence-corrected chi connectivity index (χ3v) is 2.95. The van der Waals surface area contributed by atoms with Gasteiger partial charge in [0, 0.05) is 25.7 Å². The first-order valence-electron chi connectivity index (χ1n) is 5.33. The lowest BCUT2D eigenvalue weighted by Crippen LogP contribution is -2.41. The number of likely N-dealkylation sites (N-methyl/N-ethyl adjacent to an activating group) is 2. The Morgan fingerprint density at radius 3 is 2.92 bits per heavy atom. The second-order valence-electron chi connectivity index (χ2n) is 4.18. The van der Waals surface area contributed by atoms with Gasteiger partial charge < -0.3 is 15.5 Å². The van der Waals surface area contributed by atoms with Crippen LogP contribution in [0.1, 0.15) is 19.3 Å². The quantitative estimate of drug-likeness (QED) is 0.689. The maximum atomic E-state index is 5.55. The summed E-state index contributed by atoms with van der Waals surface area (Å²) >= 11 is 0. The second-order valence-corrected chi connectivity index (χ2v) is 4.18. The van der Waals surface area contributed by atoms with Crippen LogP contribution in [0.4, 0.5) is 0 Å². The Bertz CT molecular complexity index is 138. The van der Waals surface area contributed by atoms with E-state index < -0.39 is 0 Å². The minimum Gasteiger partial charge on any atom is -0.329 e. The van der Waals surface area contributed by atoms with Gasteiger partial charge in [0.15, 0.2) is 0 Å². The van der Waals surface area contributed by atoms with Gasteiger partial charge in [0.1, 0.15) is 0 Å². The van der Waals surface area contributed by atoms with Gasteiger partial charge in [0.2, 0.25) is 0 Å². The van der Waals surface area contributed by atoms with Crippen LogP contribution in [0.5, 0.6) is 0 Å². The summed E-state index contributed by atoms with van der Waals surface area (Å²) in [6, 6.07) is 0.719. The van der Waals surface area contributed by atoms with Crippen LogP contribution in [-0.4, -0.2) is 56.1 Å². The zero-order valence-corrected chi connectivity index (χ0v) is 9.00. The molecule has 1 aliphatic rings. The molecule has 2 N–H and O–H groups in total. The van der Waals surface area contributed by atoms with Crippen LogP contribution in [-0.2, 0) is 0 Å². The summed E-state index contributed by atoms with van der Waals surface area (Å²) in [7, 11) is 4.41. The molecule has 1 rings (SSSR count). The summed E-state index contributed by atoms with van der Waals surface area (Å²) in [5.74, 6) is 0. The van der Waals surface area contributed by atoms with Gasteiger partial charge in [-0.3, -0.25) is 0 Å². The number of nitrogens with zero attached hydrogens (tertiary/aromatic N) is 2. The molecule has 78 valence electrons. The van der Waals surface area contributed by atoms with Gasteiger partial charge in [-0.05, 0) is 33.5 Å². The molecule has 0 radical (unpaired) electrons. The molecule has 13 heavy (non-hydrogen) atoms. The zero-order valence-electron chi connectivity index (χ0n) is 9.00. The maximum Gasteiger partial charge on any atom is 0.0220 e. The van der Waals surface area contributed by atoms with Gasteiger partial charge in [0.05, 0.1) is 0 Å². The van der Waals surface area contributed by atoms with E-state index in [1.54, 1.807) is 0 Å². The molecule has 0 amide bonds. The van der Waals surface area contributed by atoms with Crippen molar-refractivity contribution in [2.75, 3.05) is 40.3 Å².